The van der Waals surface area contributed by atoms with E-state index in [2.05, 4.69) is 49.2 Å². The van der Waals surface area contributed by atoms with Gasteiger partial charge in [0.2, 0.25) is 0 Å². The molecule has 1 aromatic carbocycles. The van der Waals surface area contributed by atoms with E-state index in [4.69, 9.17) is 0 Å². The Kier molecular flexibility index (Phi) is 3.42. The molecule has 0 spiro atoms. The molecular formula is C14H21N. The van der Waals surface area contributed by atoms with E-state index < -0.39 is 0 Å². The molecule has 1 aromatic rings. The minimum Gasteiger partial charge on any atom is -0.306 e. The molecule has 2 rings (SSSR count). The van der Waals surface area contributed by atoms with Gasteiger partial charge in [0, 0.05) is 6.54 Å². The fraction of sp³-hybridized carbons (Fsp3) is 0.571. The summed E-state index contributed by atoms with van der Waals surface area (Å²) in [5, 5.41) is 0. The summed E-state index contributed by atoms with van der Waals surface area (Å²) in [6.07, 6.45) is 2.68. The van der Waals surface area contributed by atoms with Crippen molar-refractivity contribution in [2.75, 3.05) is 20.1 Å². The molecular weight excluding hydrogens is 182 g/mol. The zero-order valence-electron chi connectivity index (χ0n) is 9.82. The molecule has 15 heavy (non-hydrogen) atoms. The molecule has 1 fully saturated rings. The Hall–Kier alpha value is -0.820. The number of benzene rings is 1. The molecule has 1 nitrogen and oxygen atoms in total. The van der Waals surface area contributed by atoms with Gasteiger partial charge in [0.1, 0.15) is 0 Å². The highest BCUT2D eigenvalue weighted by Crippen LogP contribution is 2.31. The van der Waals surface area contributed by atoms with Crippen molar-refractivity contribution in [1.82, 2.24) is 4.90 Å². The normalized spacial score (nSPS) is 28.7. The maximum Gasteiger partial charge on any atom is 0.000981 e. The first-order valence-electron chi connectivity index (χ1n) is 6.01. The Morgan fingerprint density at radius 2 is 1.93 bits per heavy atom. The largest absolute Gasteiger partial charge is 0.306 e. The summed E-state index contributed by atoms with van der Waals surface area (Å²) in [7, 11) is 2.24. The van der Waals surface area contributed by atoms with Crippen LogP contribution in [0, 0.1) is 5.92 Å². The third-order valence-corrected chi connectivity index (χ3v) is 3.57. The van der Waals surface area contributed by atoms with E-state index >= 15 is 0 Å². The standard InChI is InChI=1S/C14H21N/c1-12-11-15(2)10-6-9-14(12)13-7-4-3-5-8-13/h3-5,7-8,12,14H,6,9-11H2,1-2H3/t12-,14-/m0/s1. The predicted molar refractivity (Wildman–Crippen MR) is 65.1 cm³/mol. The van der Waals surface area contributed by atoms with Gasteiger partial charge in [0.15, 0.2) is 0 Å². The van der Waals surface area contributed by atoms with Gasteiger partial charge in [-0.05, 0) is 43.8 Å². The van der Waals surface area contributed by atoms with Crippen molar-refractivity contribution in [3.63, 3.8) is 0 Å². The molecule has 1 heteroatoms. The monoisotopic (exact) mass is 203 g/mol. The highest BCUT2D eigenvalue weighted by atomic mass is 15.1. The molecule has 0 bridgehead atoms. The van der Waals surface area contributed by atoms with Gasteiger partial charge < -0.3 is 4.90 Å². The van der Waals surface area contributed by atoms with E-state index in [0.717, 1.165) is 11.8 Å². The van der Waals surface area contributed by atoms with Crippen LogP contribution in [-0.2, 0) is 0 Å². The Labute approximate surface area is 93.1 Å². The zero-order chi connectivity index (χ0) is 10.7. The molecule has 0 aliphatic carbocycles. The molecule has 2 atom stereocenters. The van der Waals surface area contributed by atoms with Crippen LogP contribution in [0.3, 0.4) is 0 Å². The summed E-state index contributed by atoms with van der Waals surface area (Å²) in [5.41, 5.74) is 1.53. The van der Waals surface area contributed by atoms with E-state index in [1.807, 2.05) is 0 Å². The summed E-state index contributed by atoms with van der Waals surface area (Å²) in [4.78, 5) is 2.47. The highest BCUT2D eigenvalue weighted by molar-refractivity contribution is 5.20. The molecule has 0 saturated carbocycles. The van der Waals surface area contributed by atoms with E-state index in [-0.39, 0.29) is 0 Å². The van der Waals surface area contributed by atoms with Crippen LogP contribution < -0.4 is 0 Å². The summed E-state index contributed by atoms with van der Waals surface area (Å²) in [6, 6.07) is 11.0. The second-order valence-corrected chi connectivity index (χ2v) is 4.90. The first kappa shape index (κ1) is 10.7. The van der Waals surface area contributed by atoms with Crippen molar-refractivity contribution in [3.8, 4) is 0 Å². The van der Waals surface area contributed by atoms with Gasteiger partial charge in [-0.3, -0.25) is 0 Å². The van der Waals surface area contributed by atoms with Gasteiger partial charge >= 0.3 is 0 Å². The van der Waals surface area contributed by atoms with Gasteiger partial charge in [-0.25, -0.2) is 0 Å². The fourth-order valence-electron chi connectivity index (χ4n) is 2.77. The molecule has 82 valence electrons. The summed E-state index contributed by atoms with van der Waals surface area (Å²) in [5.74, 6) is 1.54. The number of hydrogen-bond acceptors (Lipinski definition) is 1. The third kappa shape index (κ3) is 2.60. The first-order valence-corrected chi connectivity index (χ1v) is 6.01. The number of rotatable bonds is 1. The van der Waals surface area contributed by atoms with Crippen LogP contribution in [0.2, 0.25) is 0 Å². The highest BCUT2D eigenvalue weighted by Gasteiger charge is 2.23. The number of nitrogens with zero attached hydrogens (tertiary/aromatic N) is 1. The maximum absolute atomic E-state index is 2.47. The van der Waals surface area contributed by atoms with Crippen molar-refractivity contribution in [3.05, 3.63) is 35.9 Å². The second kappa shape index (κ2) is 4.80. The Bertz CT molecular complexity index is 293. The third-order valence-electron chi connectivity index (χ3n) is 3.57. The Morgan fingerprint density at radius 1 is 1.20 bits per heavy atom. The SMILES string of the molecule is C[C@H]1CN(C)CCC[C@@H]1c1ccccc1. The number of likely N-dealkylation sites (tertiary alicyclic amines) is 1. The van der Waals surface area contributed by atoms with Gasteiger partial charge in [0.25, 0.3) is 0 Å². The lowest BCUT2D eigenvalue weighted by Gasteiger charge is -2.23. The quantitative estimate of drug-likeness (QED) is 0.678. The first-order chi connectivity index (χ1) is 7.27. The summed E-state index contributed by atoms with van der Waals surface area (Å²) < 4.78 is 0. The van der Waals surface area contributed by atoms with Crippen LogP contribution in [0.5, 0.6) is 0 Å². The summed E-state index contributed by atoms with van der Waals surface area (Å²) in [6.45, 7) is 4.88. The Balaban J connectivity index is 2.14. The lowest BCUT2D eigenvalue weighted by Crippen LogP contribution is -2.24. The van der Waals surface area contributed by atoms with Gasteiger partial charge in [0.05, 0.1) is 0 Å². The van der Waals surface area contributed by atoms with Crippen LogP contribution in [0.25, 0.3) is 0 Å². The smallest absolute Gasteiger partial charge is 0.000981 e. The van der Waals surface area contributed by atoms with E-state index in [9.17, 15) is 0 Å². The molecule has 1 aliphatic rings. The average molecular weight is 203 g/mol. The van der Waals surface area contributed by atoms with E-state index in [0.29, 0.717) is 0 Å². The van der Waals surface area contributed by atoms with Crippen molar-refractivity contribution < 1.29 is 0 Å². The molecule has 0 unspecified atom stereocenters. The van der Waals surface area contributed by atoms with Crippen LogP contribution in [0.15, 0.2) is 30.3 Å². The Morgan fingerprint density at radius 3 is 2.67 bits per heavy atom. The van der Waals surface area contributed by atoms with Crippen molar-refractivity contribution in [1.29, 1.82) is 0 Å². The van der Waals surface area contributed by atoms with Crippen molar-refractivity contribution in [2.24, 2.45) is 5.92 Å². The predicted octanol–water partition coefficient (Wildman–Crippen LogP) is 3.13. The van der Waals surface area contributed by atoms with E-state index in [1.54, 1.807) is 0 Å². The van der Waals surface area contributed by atoms with Gasteiger partial charge in [-0.2, -0.15) is 0 Å². The lowest BCUT2D eigenvalue weighted by atomic mass is 9.85. The molecule has 1 aliphatic heterocycles. The summed E-state index contributed by atoms with van der Waals surface area (Å²) >= 11 is 0. The van der Waals surface area contributed by atoms with Crippen molar-refractivity contribution in [2.45, 2.75) is 25.7 Å². The molecule has 0 aromatic heterocycles. The average Bonchev–Trinajstić information content (AvgIpc) is 2.40. The minimum absolute atomic E-state index is 0.760. The fourth-order valence-corrected chi connectivity index (χ4v) is 2.77. The molecule has 1 heterocycles. The topological polar surface area (TPSA) is 3.24 Å². The van der Waals surface area contributed by atoms with Crippen LogP contribution >= 0.6 is 0 Å². The van der Waals surface area contributed by atoms with Crippen LogP contribution in [0.4, 0.5) is 0 Å². The number of hydrogen-bond donors (Lipinski definition) is 0. The molecule has 0 amide bonds. The van der Waals surface area contributed by atoms with Gasteiger partial charge in [-0.1, -0.05) is 37.3 Å². The molecule has 1 saturated heterocycles. The minimum atomic E-state index is 0.760. The molecule has 0 radical (unpaired) electrons. The second-order valence-electron chi connectivity index (χ2n) is 4.90. The van der Waals surface area contributed by atoms with Crippen LogP contribution in [0.1, 0.15) is 31.2 Å². The zero-order valence-corrected chi connectivity index (χ0v) is 9.82. The van der Waals surface area contributed by atoms with Crippen LogP contribution in [-0.4, -0.2) is 25.0 Å². The van der Waals surface area contributed by atoms with Gasteiger partial charge in [-0.15, -0.1) is 0 Å². The van der Waals surface area contributed by atoms with E-state index in [1.165, 1.54) is 31.5 Å². The molecule has 0 N–H and O–H groups in total. The lowest BCUT2D eigenvalue weighted by molar-refractivity contribution is 0.300. The van der Waals surface area contributed by atoms with Crippen molar-refractivity contribution >= 4 is 0 Å². The maximum atomic E-state index is 2.47.